The average molecular weight is 309 g/mol. The normalized spacial score (nSPS) is 15.6. The fraction of sp³-hybridized carbons (Fsp3) is 0.444. The summed E-state index contributed by atoms with van der Waals surface area (Å²) in [4.78, 5) is 4.90. The minimum Gasteiger partial charge on any atom is -0.369 e. The van der Waals surface area contributed by atoms with Crippen molar-refractivity contribution in [1.82, 2.24) is 14.7 Å². The quantitative estimate of drug-likeness (QED) is 0.870. The third-order valence-electron chi connectivity index (χ3n) is 4.46. The molecule has 0 atom stereocenters. The molecule has 2 aromatic rings. The van der Waals surface area contributed by atoms with Crippen LogP contribution in [0.1, 0.15) is 23.6 Å². The Morgan fingerprint density at radius 3 is 2.61 bits per heavy atom. The summed E-state index contributed by atoms with van der Waals surface area (Å²) in [6.07, 6.45) is 4.11. The first-order valence-electron chi connectivity index (χ1n) is 8.19. The Hall–Kier alpha value is -2.32. The summed E-state index contributed by atoms with van der Waals surface area (Å²) < 4.78 is 1.98. The molecule has 5 heteroatoms. The van der Waals surface area contributed by atoms with Crippen molar-refractivity contribution in [3.63, 3.8) is 0 Å². The van der Waals surface area contributed by atoms with E-state index in [2.05, 4.69) is 47.1 Å². The van der Waals surface area contributed by atoms with Gasteiger partial charge >= 0.3 is 0 Å². The van der Waals surface area contributed by atoms with Crippen LogP contribution in [0.15, 0.2) is 30.6 Å². The van der Waals surface area contributed by atoms with Gasteiger partial charge in [0.15, 0.2) is 0 Å². The van der Waals surface area contributed by atoms with Gasteiger partial charge in [-0.15, -0.1) is 0 Å². The molecule has 0 amide bonds. The second-order valence-corrected chi connectivity index (χ2v) is 6.08. The van der Waals surface area contributed by atoms with Gasteiger partial charge in [-0.05, 0) is 37.6 Å². The van der Waals surface area contributed by atoms with Gasteiger partial charge in [0.05, 0.1) is 17.8 Å². The van der Waals surface area contributed by atoms with Gasteiger partial charge in [-0.25, -0.2) is 0 Å². The van der Waals surface area contributed by atoms with Gasteiger partial charge in [0.2, 0.25) is 0 Å². The van der Waals surface area contributed by atoms with E-state index in [0.717, 1.165) is 44.8 Å². The number of hydrogen-bond acceptors (Lipinski definition) is 4. The van der Waals surface area contributed by atoms with Gasteiger partial charge in [0.25, 0.3) is 0 Å². The molecular formula is C18H23N5. The predicted octanol–water partition coefficient (Wildman–Crippen LogP) is 2.41. The number of nitrogens with zero attached hydrogens (tertiary/aromatic N) is 5. The van der Waals surface area contributed by atoms with Crippen molar-refractivity contribution in [3.8, 4) is 6.07 Å². The molecule has 120 valence electrons. The number of aromatic nitrogens is 2. The van der Waals surface area contributed by atoms with Crippen LogP contribution < -0.4 is 4.90 Å². The number of piperazine rings is 1. The molecule has 5 nitrogen and oxygen atoms in total. The number of anilines is 1. The van der Waals surface area contributed by atoms with Crippen LogP contribution in [-0.4, -0.2) is 40.9 Å². The monoisotopic (exact) mass is 309 g/mol. The van der Waals surface area contributed by atoms with E-state index in [1.807, 2.05) is 23.0 Å². The molecule has 0 radical (unpaired) electrons. The molecule has 0 spiro atoms. The maximum absolute atomic E-state index is 8.98. The highest BCUT2D eigenvalue weighted by Gasteiger charge is 2.19. The smallest absolute Gasteiger partial charge is 0.0991 e. The maximum atomic E-state index is 8.98. The fourth-order valence-electron chi connectivity index (χ4n) is 3.15. The Bertz CT molecular complexity index is 704. The summed E-state index contributed by atoms with van der Waals surface area (Å²) in [6, 6.07) is 8.17. The van der Waals surface area contributed by atoms with E-state index in [9.17, 15) is 0 Å². The lowest BCUT2D eigenvalue weighted by atomic mass is 10.1. The van der Waals surface area contributed by atoms with Crippen molar-refractivity contribution in [2.24, 2.45) is 0 Å². The van der Waals surface area contributed by atoms with Gasteiger partial charge in [0.1, 0.15) is 0 Å². The number of hydrogen-bond donors (Lipinski definition) is 0. The Morgan fingerprint density at radius 2 is 2.00 bits per heavy atom. The SMILES string of the molecule is CCn1cc(CN2CCN(c3ccc(C#N)cc3C)CC2)cn1. The van der Waals surface area contributed by atoms with E-state index in [1.165, 1.54) is 16.8 Å². The lowest BCUT2D eigenvalue weighted by Gasteiger charge is -2.36. The summed E-state index contributed by atoms with van der Waals surface area (Å²) >= 11 is 0. The minimum absolute atomic E-state index is 0.734. The molecule has 0 bridgehead atoms. The van der Waals surface area contributed by atoms with Crippen molar-refractivity contribution < 1.29 is 0 Å². The van der Waals surface area contributed by atoms with Gasteiger partial charge in [-0.2, -0.15) is 10.4 Å². The first-order valence-corrected chi connectivity index (χ1v) is 8.19. The molecule has 1 aliphatic heterocycles. The third-order valence-corrected chi connectivity index (χ3v) is 4.46. The first-order chi connectivity index (χ1) is 11.2. The predicted molar refractivity (Wildman–Crippen MR) is 91.3 cm³/mol. The highest BCUT2D eigenvalue weighted by Crippen LogP contribution is 2.22. The largest absolute Gasteiger partial charge is 0.369 e. The molecule has 0 saturated carbocycles. The molecule has 3 rings (SSSR count). The van der Waals surface area contributed by atoms with Crippen molar-refractivity contribution in [3.05, 3.63) is 47.3 Å². The van der Waals surface area contributed by atoms with Crippen LogP contribution in [0, 0.1) is 18.3 Å². The lowest BCUT2D eigenvalue weighted by molar-refractivity contribution is 0.249. The second-order valence-electron chi connectivity index (χ2n) is 6.08. The van der Waals surface area contributed by atoms with Gasteiger partial charge < -0.3 is 4.90 Å². The highest BCUT2D eigenvalue weighted by molar-refractivity contribution is 5.56. The molecule has 1 aromatic heterocycles. The van der Waals surface area contributed by atoms with Crippen LogP contribution >= 0.6 is 0 Å². The van der Waals surface area contributed by atoms with Crippen LogP contribution in [-0.2, 0) is 13.1 Å². The Balaban J connectivity index is 1.59. The van der Waals surface area contributed by atoms with E-state index in [0.29, 0.717) is 0 Å². The van der Waals surface area contributed by atoms with E-state index in [4.69, 9.17) is 5.26 Å². The van der Waals surface area contributed by atoms with Crippen molar-refractivity contribution in [1.29, 1.82) is 5.26 Å². The standard InChI is InChI=1S/C18H23N5/c1-3-23-14-17(12-20-23)13-21-6-8-22(9-7-21)18-5-4-16(11-19)10-15(18)2/h4-5,10,12,14H,3,6-9,13H2,1-2H3. The Kier molecular flexibility index (Phi) is 4.63. The minimum atomic E-state index is 0.734. The van der Waals surface area contributed by atoms with E-state index < -0.39 is 0 Å². The van der Waals surface area contributed by atoms with Gasteiger partial charge in [-0.1, -0.05) is 0 Å². The summed E-state index contributed by atoms with van der Waals surface area (Å²) in [6.45, 7) is 10.2. The number of aryl methyl sites for hydroxylation is 2. The zero-order valence-corrected chi connectivity index (χ0v) is 13.9. The molecule has 1 saturated heterocycles. The topological polar surface area (TPSA) is 48.1 Å². The summed E-state index contributed by atoms with van der Waals surface area (Å²) in [5.74, 6) is 0. The van der Waals surface area contributed by atoms with Gasteiger partial charge in [0, 0.05) is 56.7 Å². The molecule has 1 aliphatic rings. The van der Waals surface area contributed by atoms with Crippen molar-refractivity contribution >= 4 is 5.69 Å². The molecule has 0 N–H and O–H groups in total. The summed E-state index contributed by atoms with van der Waals surface area (Å²) in [5.41, 5.74) is 4.46. The van der Waals surface area contributed by atoms with E-state index in [-0.39, 0.29) is 0 Å². The third kappa shape index (κ3) is 3.54. The molecule has 1 aromatic carbocycles. The molecule has 1 fully saturated rings. The van der Waals surface area contributed by atoms with E-state index in [1.54, 1.807) is 0 Å². The molecule has 2 heterocycles. The molecule has 0 aliphatic carbocycles. The zero-order chi connectivity index (χ0) is 16.2. The van der Waals surface area contributed by atoms with Crippen LogP contribution in [0.5, 0.6) is 0 Å². The lowest BCUT2D eigenvalue weighted by Crippen LogP contribution is -2.46. The Labute approximate surface area is 137 Å². The highest BCUT2D eigenvalue weighted by atomic mass is 15.3. The first kappa shape index (κ1) is 15.6. The van der Waals surface area contributed by atoms with Crippen molar-refractivity contribution in [2.45, 2.75) is 26.9 Å². The molecule has 0 unspecified atom stereocenters. The number of rotatable bonds is 4. The maximum Gasteiger partial charge on any atom is 0.0991 e. The Morgan fingerprint density at radius 1 is 1.22 bits per heavy atom. The number of benzene rings is 1. The van der Waals surface area contributed by atoms with Gasteiger partial charge in [-0.3, -0.25) is 9.58 Å². The average Bonchev–Trinajstić information content (AvgIpc) is 3.03. The van der Waals surface area contributed by atoms with Crippen LogP contribution in [0.25, 0.3) is 0 Å². The number of nitriles is 1. The molecule has 23 heavy (non-hydrogen) atoms. The molecular weight excluding hydrogens is 286 g/mol. The van der Waals surface area contributed by atoms with Crippen LogP contribution in [0.3, 0.4) is 0 Å². The van der Waals surface area contributed by atoms with Crippen molar-refractivity contribution in [2.75, 3.05) is 31.1 Å². The second kappa shape index (κ2) is 6.84. The van der Waals surface area contributed by atoms with E-state index >= 15 is 0 Å². The summed E-state index contributed by atoms with van der Waals surface area (Å²) in [7, 11) is 0. The zero-order valence-electron chi connectivity index (χ0n) is 13.9. The van der Waals surface area contributed by atoms with Crippen LogP contribution in [0.4, 0.5) is 5.69 Å². The fourth-order valence-corrected chi connectivity index (χ4v) is 3.15. The summed E-state index contributed by atoms with van der Waals surface area (Å²) in [5, 5.41) is 13.3. The van der Waals surface area contributed by atoms with Crippen LogP contribution in [0.2, 0.25) is 0 Å².